The summed E-state index contributed by atoms with van der Waals surface area (Å²) in [5.74, 6) is 0.152. The third-order valence-corrected chi connectivity index (χ3v) is 4.04. The van der Waals surface area contributed by atoms with Gasteiger partial charge in [0, 0.05) is 12.1 Å². The molecule has 0 saturated carbocycles. The number of hydrogen-bond donors (Lipinski definition) is 0. The lowest BCUT2D eigenvalue weighted by molar-refractivity contribution is 0.0592. The third-order valence-electron chi connectivity index (χ3n) is 4.04. The summed E-state index contributed by atoms with van der Waals surface area (Å²) in [5.41, 5.74) is 2.41. The Kier molecular flexibility index (Phi) is 3.44. The highest BCUT2D eigenvalue weighted by atomic mass is 16.5. The number of carbonyl (C=O) groups is 1. The highest BCUT2D eigenvalue weighted by Crippen LogP contribution is 2.27. The number of ether oxygens (including phenoxy) is 1. The molecule has 0 radical (unpaired) electrons. The Bertz CT molecular complexity index is 627. The minimum Gasteiger partial charge on any atom is -0.464 e. The number of aromatic nitrogens is 2. The minimum absolute atomic E-state index is 0.331. The summed E-state index contributed by atoms with van der Waals surface area (Å²) >= 11 is 0. The predicted octanol–water partition coefficient (Wildman–Crippen LogP) is 1.93. The zero-order valence-electron chi connectivity index (χ0n) is 11.9. The summed E-state index contributed by atoms with van der Waals surface area (Å²) in [6.07, 6.45) is 4.22. The van der Waals surface area contributed by atoms with Crippen LogP contribution in [0.5, 0.6) is 0 Å². The van der Waals surface area contributed by atoms with E-state index in [9.17, 15) is 4.79 Å². The van der Waals surface area contributed by atoms with Gasteiger partial charge >= 0.3 is 5.97 Å². The van der Waals surface area contributed by atoms with Crippen molar-refractivity contribution in [1.29, 1.82) is 0 Å². The SMILES string of the molecule is COC(=O)c1cccc2nc(C3CCN(C)CC3)cn12. The van der Waals surface area contributed by atoms with E-state index >= 15 is 0 Å². The van der Waals surface area contributed by atoms with Crippen LogP contribution in [0.3, 0.4) is 0 Å². The normalized spacial score (nSPS) is 17.5. The first kappa shape index (κ1) is 13.1. The van der Waals surface area contributed by atoms with Gasteiger partial charge in [-0.05, 0) is 45.1 Å². The molecule has 0 aliphatic carbocycles. The second-order valence-corrected chi connectivity index (χ2v) is 5.37. The first-order valence-corrected chi connectivity index (χ1v) is 6.94. The number of esters is 1. The van der Waals surface area contributed by atoms with E-state index in [0.29, 0.717) is 11.6 Å². The standard InChI is InChI=1S/C15H19N3O2/c1-17-8-6-11(7-9-17)12-10-18-13(15(19)20-2)4-3-5-14(18)16-12/h3-5,10-11H,6-9H2,1-2H3. The lowest BCUT2D eigenvalue weighted by atomic mass is 9.94. The van der Waals surface area contributed by atoms with E-state index < -0.39 is 0 Å². The average Bonchev–Trinajstić information content (AvgIpc) is 2.91. The van der Waals surface area contributed by atoms with Crippen LogP contribution in [-0.2, 0) is 4.74 Å². The number of methoxy groups -OCH3 is 1. The number of carbonyl (C=O) groups excluding carboxylic acids is 1. The molecule has 0 aromatic carbocycles. The van der Waals surface area contributed by atoms with Crippen molar-refractivity contribution in [2.45, 2.75) is 18.8 Å². The molecule has 2 aromatic rings. The maximum atomic E-state index is 11.8. The molecule has 0 unspecified atom stereocenters. The van der Waals surface area contributed by atoms with E-state index in [-0.39, 0.29) is 5.97 Å². The monoisotopic (exact) mass is 273 g/mol. The van der Waals surface area contributed by atoms with Crippen LogP contribution in [0.2, 0.25) is 0 Å². The number of likely N-dealkylation sites (tertiary alicyclic amines) is 1. The molecule has 0 atom stereocenters. The van der Waals surface area contributed by atoms with E-state index in [1.807, 2.05) is 22.7 Å². The third kappa shape index (κ3) is 2.29. The molecule has 1 fully saturated rings. The summed E-state index contributed by atoms with van der Waals surface area (Å²) in [4.78, 5) is 18.8. The highest BCUT2D eigenvalue weighted by molar-refractivity contribution is 5.88. The summed E-state index contributed by atoms with van der Waals surface area (Å²) in [7, 11) is 3.55. The molecule has 0 spiro atoms. The lowest BCUT2D eigenvalue weighted by Gasteiger charge is -2.27. The number of fused-ring (bicyclic) bond motifs is 1. The first-order chi connectivity index (χ1) is 9.69. The van der Waals surface area contributed by atoms with Crippen molar-refractivity contribution in [2.75, 3.05) is 27.2 Å². The van der Waals surface area contributed by atoms with Crippen LogP contribution in [-0.4, -0.2) is 47.5 Å². The molecule has 1 saturated heterocycles. The fraction of sp³-hybridized carbons (Fsp3) is 0.467. The summed E-state index contributed by atoms with van der Waals surface area (Å²) in [6.45, 7) is 2.20. The van der Waals surface area contributed by atoms with Gasteiger partial charge in [-0.15, -0.1) is 0 Å². The van der Waals surface area contributed by atoms with E-state index in [0.717, 1.165) is 37.3 Å². The Morgan fingerprint density at radius 1 is 1.35 bits per heavy atom. The van der Waals surface area contributed by atoms with E-state index in [2.05, 4.69) is 16.9 Å². The summed E-state index contributed by atoms with van der Waals surface area (Å²) < 4.78 is 6.65. The molecule has 5 heteroatoms. The largest absolute Gasteiger partial charge is 0.464 e. The highest BCUT2D eigenvalue weighted by Gasteiger charge is 2.21. The van der Waals surface area contributed by atoms with Crippen LogP contribution >= 0.6 is 0 Å². The summed E-state index contributed by atoms with van der Waals surface area (Å²) in [5, 5.41) is 0. The van der Waals surface area contributed by atoms with Crippen molar-refractivity contribution in [3.8, 4) is 0 Å². The average molecular weight is 273 g/mol. The van der Waals surface area contributed by atoms with Crippen molar-refractivity contribution in [3.63, 3.8) is 0 Å². The van der Waals surface area contributed by atoms with Crippen LogP contribution in [0.25, 0.3) is 5.65 Å². The molecule has 0 N–H and O–H groups in total. The Balaban J connectivity index is 1.96. The molecule has 106 valence electrons. The Morgan fingerprint density at radius 3 is 2.80 bits per heavy atom. The molecule has 0 amide bonds. The van der Waals surface area contributed by atoms with Gasteiger partial charge in [-0.1, -0.05) is 6.07 Å². The van der Waals surface area contributed by atoms with Gasteiger partial charge in [0.2, 0.25) is 0 Å². The van der Waals surface area contributed by atoms with Crippen molar-refractivity contribution < 1.29 is 9.53 Å². The van der Waals surface area contributed by atoms with Crippen LogP contribution in [0.1, 0.15) is 34.9 Å². The Hall–Kier alpha value is -1.88. The van der Waals surface area contributed by atoms with Crippen LogP contribution in [0, 0.1) is 0 Å². The zero-order valence-corrected chi connectivity index (χ0v) is 11.9. The van der Waals surface area contributed by atoms with E-state index in [4.69, 9.17) is 4.74 Å². The first-order valence-electron chi connectivity index (χ1n) is 6.94. The molecule has 0 bridgehead atoms. The number of piperidine rings is 1. The number of rotatable bonds is 2. The molecule has 3 heterocycles. The van der Waals surface area contributed by atoms with Gasteiger partial charge in [-0.25, -0.2) is 9.78 Å². The van der Waals surface area contributed by atoms with Gasteiger partial charge in [-0.2, -0.15) is 0 Å². The quantitative estimate of drug-likeness (QED) is 0.784. The fourth-order valence-corrected chi connectivity index (χ4v) is 2.80. The molecular formula is C15H19N3O2. The number of pyridine rings is 1. The zero-order chi connectivity index (χ0) is 14.1. The molecule has 1 aliphatic heterocycles. The molecule has 20 heavy (non-hydrogen) atoms. The number of hydrogen-bond acceptors (Lipinski definition) is 4. The van der Waals surface area contributed by atoms with Gasteiger partial charge in [0.05, 0.1) is 12.8 Å². The maximum Gasteiger partial charge on any atom is 0.355 e. The van der Waals surface area contributed by atoms with Crippen LogP contribution in [0.4, 0.5) is 0 Å². The topological polar surface area (TPSA) is 46.8 Å². The van der Waals surface area contributed by atoms with E-state index in [1.54, 1.807) is 6.07 Å². The van der Waals surface area contributed by atoms with Gasteiger partial charge in [-0.3, -0.25) is 4.40 Å². The van der Waals surface area contributed by atoms with Crippen LogP contribution in [0.15, 0.2) is 24.4 Å². The van der Waals surface area contributed by atoms with Gasteiger partial charge in [0.15, 0.2) is 0 Å². The number of imidazole rings is 1. The Labute approximate surface area is 118 Å². The molecular weight excluding hydrogens is 254 g/mol. The second kappa shape index (κ2) is 5.25. The smallest absolute Gasteiger partial charge is 0.355 e. The van der Waals surface area contributed by atoms with Gasteiger partial charge < -0.3 is 9.64 Å². The molecule has 1 aliphatic rings. The predicted molar refractivity (Wildman–Crippen MR) is 76.0 cm³/mol. The Morgan fingerprint density at radius 2 is 2.10 bits per heavy atom. The number of nitrogens with zero attached hydrogens (tertiary/aromatic N) is 3. The second-order valence-electron chi connectivity index (χ2n) is 5.37. The van der Waals surface area contributed by atoms with Gasteiger partial charge in [0.1, 0.15) is 11.3 Å². The fourth-order valence-electron chi connectivity index (χ4n) is 2.80. The van der Waals surface area contributed by atoms with E-state index in [1.165, 1.54) is 7.11 Å². The lowest BCUT2D eigenvalue weighted by Crippen LogP contribution is -2.29. The molecule has 5 nitrogen and oxygen atoms in total. The van der Waals surface area contributed by atoms with Crippen LogP contribution < -0.4 is 0 Å². The van der Waals surface area contributed by atoms with Crippen molar-refractivity contribution in [1.82, 2.24) is 14.3 Å². The minimum atomic E-state index is -0.331. The van der Waals surface area contributed by atoms with Crippen molar-refractivity contribution >= 4 is 11.6 Å². The van der Waals surface area contributed by atoms with Crippen molar-refractivity contribution in [3.05, 3.63) is 35.8 Å². The van der Waals surface area contributed by atoms with Crippen molar-refractivity contribution in [2.24, 2.45) is 0 Å². The summed E-state index contributed by atoms with van der Waals surface area (Å²) in [6, 6.07) is 5.52. The van der Waals surface area contributed by atoms with Gasteiger partial charge in [0.25, 0.3) is 0 Å². The maximum absolute atomic E-state index is 11.8. The molecule has 3 rings (SSSR count). The molecule has 2 aromatic heterocycles.